The van der Waals surface area contributed by atoms with Gasteiger partial charge in [0.15, 0.2) is 0 Å². The van der Waals surface area contributed by atoms with Crippen LogP contribution in [0.3, 0.4) is 0 Å². The highest BCUT2D eigenvalue weighted by molar-refractivity contribution is 6.31. The van der Waals surface area contributed by atoms with Gasteiger partial charge in [0.2, 0.25) is 11.9 Å². The number of anilines is 4. The van der Waals surface area contributed by atoms with Gasteiger partial charge < -0.3 is 15.4 Å². The van der Waals surface area contributed by atoms with E-state index in [0.29, 0.717) is 81.0 Å². The van der Waals surface area contributed by atoms with Crippen molar-refractivity contribution in [3.8, 4) is 5.75 Å². The van der Waals surface area contributed by atoms with Gasteiger partial charge in [-0.1, -0.05) is 113 Å². The summed E-state index contributed by atoms with van der Waals surface area (Å²) in [4.78, 5) is 27.8. The molecule has 2 aromatic heterocycles. The minimum atomic E-state index is 0.481. The van der Waals surface area contributed by atoms with E-state index in [1.807, 2.05) is 152 Å². The maximum Gasteiger partial charge on any atom is 0.230 e. The third kappa shape index (κ3) is 12.9. The zero-order valence-corrected chi connectivity index (χ0v) is 35.4. The van der Waals surface area contributed by atoms with Crippen LogP contribution in [0.5, 0.6) is 5.75 Å². The third-order valence-corrected chi connectivity index (χ3v) is 9.78. The Balaban J connectivity index is 0.000000182. The first kappa shape index (κ1) is 42.0. The van der Waals surface area contributed by atoms with E-state index in [4.69, 9.17) is 51.1 Å². The summed E-state index contributed by atoms with van der Waals surface area (Å²) in [6, 6.07) is 48.2. The zero-order chi connectivity index (χ0) is 41.7. The number of aromatic nitrogens is 6. The lowest BCUT2D eigenvalue weighted by Crippen LogP contribution is -2.09. The fourth-order valence-electron chi connectivity index (χ4n) is 6.14. The van der Waals surface area contributed by atoms with Crippen LogP contribution in [-0.2, 0) is 25.7 Å². The first-order chi connectivity index (χ1) is 29.2. The fourth-order valence-corrected chi connectivity index (χ4v) is 6.99. The number of methoxy groups -OCH3 is 1. The molecule has 300 valence electrons. The molecule has 0 bridgehead atoms. The maximum atomic E-state index is 6.14. The van der Waals surface area contributed by atoms with Crippen molar-refractivity contribution in [3.63, 3.8) is 0 Å². The van der Waals surface area contributed by atoms with Crippen LogP contribution < -0.4 is 15.4 Å². The van der Waals surface area contributed by atoms with E-state index in [-0.39, 0.29) is 0 Å². The van der Waals surface area contributed by atoms with Crippen molar-refractivity contribution in [2.75, 3.05) is 17.7 Å². The molecule has 0 atom stereocenters. The van der Waals surface area contributed by atoms with Crippen molar-refractivity contribution in [1.29, 1.82) is 0 Å². The lowest BCUT2D eigenvalue weighted by molar-refractivity contribution is 0.415. The molecule has 0 aliphatic rings. The van der Waals surface area contributed by atoms with Gasteiger partial charge in [0.1, 0.15) is 29.0 Å². The monoisotopic (exact) mass is 870 g/mol. The Hall–Kier alpha value is -6.10. The largest absolute Gasteiger partial charge is 0.497 e. The van der Waals surface area contributed by atoms with E-state index in [2.05, 4.69) is 40.5 Å². The van der Waals surface area contributed by atoms with Crippen LogP contribution in [0, 0.1) is 0 Å². The van der Waals surface area contributed by atoms with Crippen molar-refractivity contribution >= 4 is 69.7 Å². The minimum absolute atomic E-state index is 0.481. The molecular formula is C47H38Cl4N8O. The first-order valence-corrected chi connectivity index (χ1v) is 20.4. The zero-order valence-electron chi connectivity index (χ0n) is 32.4. The second kappa shape index (κ2) is 20.7. The Morgan fingerprint density at radius 3 is 1.03 bits per heavy atom. The second-order valence-corrected chi connectivity index (χ2v) is 15.3. The summed E-state index contributed by atoms with van der Waals surface area (Å²) in [7, 11) is 1.64. The average Bonchev–Trinajstić information content (AvgIpc) is 3.22. The number of hydrogen-bond donors (Lipinski definition) is 2. The summed E-state index contributed by atoms with van der Waals surface area (Å²) in [5, 5.41) is 9.28. The quantitative estimate of drug-likeness (QED) is 0.117. The van der Waals surface area contributed by atoms with Crippen molar-refractivity contribution in [2.45, 2.75) is 25.7 Å². The molecule has 0 fully saturated rings. The Morgan fingerprint density at radius 2 is 0.717 bits per heavy atom. The number of para-hydroxylation sites is 1. The summed E-state index contributed by atoms with van der Waals surface area (Å²) < 4.78 is 5.22. The van der Waals surface area contributed by atoms with E-state index in [1.54, 1.807) is 7.11 Å². The van der Waals surface area contributed by atoms with Crippen LogP contribution in [0.15, 0.2) is 152 Å². The number of nitrogens with one attached hydrogen (secondary N) is 2. The number of hydrogen-bond acceptors (Lipinski definition) is 9. The molecule has 8 rings (SSSR count). The highest BCUT2D eigenvalue weighted by atomic mass is 35.5. The van der Waals surface area contributed by atoms with Gasteiger partial charge in [-0.05, 0) is 107 Å². The summed E-state index contributed by atoms with van der Waals surface area (Å²) in [6.07, 6.45) is 2.22. The van der Waals surface area contributed by atoms with Gasteiger partial charge in [-0.3, -0.25) is 0 Å². The predicted molar refractivity (Wildman–Crippen MR) is 243 cm³/mol. The van der Waals surface area contributed by atoms with Crippen LogP contribution in [-0.4, -0.2) is 37.0 Å². The van der Waals surface area contributed by atoms with E-state index >= 15 is 0 Å². The number of benzene rings is 6. The highest BCUT2D eigenvalue weighted by Gasteiger charge is 2.12. The Kier molecular flexibility index (Phi) is 14.5. The Labute approximate surface area is 368 Å². The number of rotatable bonds is 13. The lowest BCUT2D eigenvalue weighted by atomic mass is 10.1. The standard InChI is InChI=1S/C24H20Cl2N4O.C23H18Cl2N4/c1-31-21-10-8-20(9-11-21)27-24-29-22(14-16-4-2-6-18(25)12-16)28-23(30-24)15-17-5-3-7-19(26)13-17;24-18-8-4-6-16(12-18)14-21-27-22(15-17-7-5-9-19(25)13-17)29-23(28-21)26-20-10-2-1-3-11-20/h2-13H,14-15H2,1H3,(H,27,28,29,30);1-13H,14-15H2,(H,26,27,28,29). The van der Waals surface area contributed by atoms with E-state index in [1.165, 1.54) is 0 Å². The first-order valence-electron chi connectivity index (χ1n) is 18.9. The van der Waals surface area contributed by atoms with E-state index < -0.39 is 0 Å². The van der Waals surface area contributed by atoms with E-state index in [9.17, 15) is 0 Å². The van der Waals surface area contributed by atoms with Gasteiger partial charge in [0, 0.05) is 57.1 Å². The van der Waals surface area contributed by atoms with E-state index in [0.717, 1.165) is 39.4 Å². The third-order valence-electron chi connectivity index (χ3n) is 8.84. The van der Waals surface area contributed by atoms with Crippen molar-refractivity contribution < 1.29 is 4.74 Å². The molecule has 9 nitrogen and oxygen atoms in total. The highest BCUT2D eigenvalue weighted by Crippen LogP contribution is 2.22. The van der Waals surface area contributed by atoms with Gasteiger partial charge in [-0.25, -0.2) is 9.97 Å². The number of nitrogens with zero attached hydrogens (tertiary/aromatic N) is 6. The summed E-state index contributed by atoms with van der Waals surface area (Å²) >= 11 is 24.5. The van der Waals surface area contributed by atoms with Crippen molar-refractivity contribution in [1.82, 2.24) is 29.9 Å². The van der Waals surface area contributed by atoms with Crippen LogP contribution in [0.1, 0.15) is 45.6 Å². The van der Waals surface area contributed by atoms with Crippen LogP contribution >= 0.6 is 46.4 Å². The molecule has 2 N–H and O–H groups in total. The average molecular weight is 873 g/mol. The van der Waals surface area contributed by atoms with Crippen molar-refractivity contribution in [2.24, 2.45) is 0 Å². The van der Waals surface area contributed by atoms with Gasteiger partial charge in [-0.2, -0.15) is 19.9 Å². The molecule has 0 aliphatic heterocycles. The normalized spacial score (nSPS) is 10.7. The van der Waals surface area contributed by atoms with Gasteiger partial charge in [-0.15, -0.1) is 0 Å². The second-order valence-electron chi connectivity index (χ2n) is 13.6. The molecular weight excluding hydrogens is 834 g/mol. The molecule has 6 aromatic carbocycles. The number of ether oxygens (including phenoxy) is 1. The van der Waals surface area contributed by atoms with Crippen LogP contribution in [0.4, 0.5) is 23.3 Å². The summed E-state index contributed by atoms with van der Waals surface area (Å²) in [6.45, 7) is 0. The van der Waals surface area contributed by atoms with Crippen molar-refractivity contribution in [3.05, 3.63) is 217 Å². The maximum absolute atomic E-state index is 6.14. The summed E-state index contributed by atoms with van der Waals surface area (Å²) in [5.41, 5.74) is 5.92. The van der Waals surface area contributed by atoms with Crippen LogP contribution in [0.2, 0.25) is 20.1 Å². The Morgan fingerprint density at radius 1 is 0.383 bits per heavy atom. The molecule has 60 heavy (non-hydrogen) atoms. The Bertz CT molecular complexity index is 2540. The van der Waals surface area contributed by atoms with Crippen LogP contribution in [0.25, 0.3) is 0 Å². The van der Waals surface area contributed by atoms with Gasteiger partial charge in [0.05, 0.1) is 7.11 Å². The lowest BCUT2D eigenvalue weighted by Gasteiger charge is -2.10. The molecule has 8 aromatic rings. The SMILES string of the molecule is COc1ccc(Nc2nc(Cc3cccc(Cl)c3)nc(Cc3cccc(Cl)c3)n2)cc1.Clc1cccc(Cc2nc(Cc3cccc(Cl)c3)nc(Nc3ccccc3)n2)c1. The molecule has 0 saturated heterocycles. The fraction of sp³-hybridized carbons (Fsp3) is 0.106. The number of halogens is 4. The molecule has 13 heteroatoms. The molecule has 0 aliphatic carbocycles. The topological polar surface area (TPSA) is 111 Å². The smallest absolute Gasteiger partial charge is 0.230 e. The predicted octanol–water partition coefficient (Wildman–Crippen LogP) is 12.2. The molecule has 0 unspecified atom stereocenters. The molecule has 2 heterocycles. The molecule has 0 amide bonds. The minimum Gasteiger partial charge on any atom is -0.497 e. The summed E-state index contributed by atoms with van der Waals surface area (Å²) in [5.74, 6) is 4.45. The molecule has 0 spiro atoms. The van der Waals surface area contributed by atoms with Gasteiger partial charge in [0.25, 0.3) is 0 Å². The molecule has 0 saturated carbocycles. The molecule has 0 radical (unpaired) electrons. The van der Waals surface area contributed by atoms with Gasteiger partial charge >= 0.3 is 0 Å².